The van der Waals surface area contributed by atoms with Gasteiger partial charge in [-0.05, 0) is 48.5 Å². The van der Waals surface area contributed by atoms with Crippen LogP contribution >= 0.6 is 22.9 Å². The van der Waals surface area contributed by atoms with E-state index in [2.05, 4.69) is 28.9 Å². The number of rotatable bonds is 5. The molecule has 0 amide bonds. The third kappa shape index (κ3) is 2.85. The van der Waals surface area contributed by atoms with Gasteiger partial charge in [0.2, 0.25) is 0 Å². The van der Waals surface area contributed by atoms with Crippen LogP contribution in [0.5, 0.6) is 5.75 Å². The van der Waals surface area contributed by atoms with E-state index in [4.69, 9.17) is 16.3 Å². The lowest BCUT2D eigenvalue weighted by atomic mass is 10.0. The Morgan fingerprint density at radius 1 is 1.40 bits per heavy atom. The molecule has 0 saturated carbocycles. The Balaban J connectivity index is 1.68. The zero-order valence-electron chi connectivity index (χ0n) is 11.5. The van der Waals surface area contributed by atoms with Gasteiger partial charge in [0.1, 0.15) is 5.75 Å². The zero-order valence-corrected chi connectivity index (χ0v) is 13.1. The van der Waals surface area contributed by atoms with Crippen LogP contribution < -0.4 is 10.1 Å². The molecule has 106 valence electrons. The molecule has 0 aliphatic carbocycles. The first kappa shape index (κ1) is 13.9. The van der Waals surface area contributed by atoms with Crippen LogP contribution in [0.3, 0.4) is 0 Å². The lowest BCUT2D eigenvalue weighted by Crippen LogP contribution is -2.16. The topological polar surface area (TPSA) is 21.3 Å². The lowest BCUT2D eigenvalue weighted by molar-refractivity contribution is 0.357. The van der Waals surface area contributed by atoms with Gasteiger partial charge in [0.15, 0.2) is 0 Å². The molecule has 1 atom stereocenters. The number of ether oxygens (including phenoxy) is 1. The van der Waals surface area contributed by atoms with Crippen LogP contribution in [0, 0.1) is 0 Å². The summed E-state index contributed by atoms with van der Waals surface area (Å²) in [4.78, 5) is 1.23. The van der Waals surface area contributed by atoms with Crippen molar-refractivity contribution in [3.05, 3.63) is 50.7 Å². The van der Waals surface area contributed by atoms with Crippen LogP contribution in [0.4, 0.5) is 0 Å². The monoisotopic (exact) mass is 307 g/mol. The summed E-state index contributed by atoms with van der Waals surface area (Å²) in [6, 6.07) is 8.85. The van der Waals surface area contributed by atoms with Crippen LogP contribution in [0.15, 0.2) is 29.6 Å². The van der Waals surface area contributed by atoms with Crippen molar-refractivity contribution in [2.75, 3.05) is 13.7 Å². The number of benzene rings is 1. The van der Waals surface area contributed by atoms with E-state index < -0.39 is 0 Å². The van der Waals surface area contributed by atoms with Crippen molar-refractivity contribution in [1.29, 1.82) is 0 Å². The largest absolute Gasteiger partial charge is 0.493 e. The van der Waals surface area contributed by atoms with Gasteiger partial charge in [-0.3, -0.25) is 0 Å². The number of hydrogen-bond donors (Lipinski definition) is 1. The summed E-state index contributed by atoms with van der Waals surface area (Å²) in [6.07, 6.45) is 3.14. The quantitative estimate of drug-likeness (QED) is 0.892. The second kappa shape index (κ2) is 6.17. The summed E-state index contributed by atoms with van der Waals surface area (Å²) < 4.78 is 5.55. The molecule has 0 spiro atoms. The highest BCUT2D eigenvalue weighted by molar-refractivity contribution is 7.10. The van der Waals surface area contributed by atoms with Crippen LogP contribution in [0.1, 0.15) is 28.5 Å². The van der Waals surface area contributed by atoms with Crippen LogP contribution in [0.2, 0.25) is 5.02 Å². The van der Waals surface area contributed by atoms with Crippen LogP contribution in [-0.4, -0.2) is 13.7 Å². The van der Waals surface area contributed by atoms with Crippen molar-refractivity contribution < 1.29 is 4.74 Å². The van der Waals surface area contributed by atoms with Gasteiger partial charge in [-0.15, -0.1) is 11.3 Å². The molecule has 0 saturated heterocycles. The molecular weight excluding hydrogens is 290 g/mol. The van der Waals surface area contributed by atoms with E-state index in [1.165, 1.54) is 16.0 Å². The van der Waals surface area contributed by atoms with Crippen molar-refractivity contribution in [2.45, 2.75) is 25.3 Å². The Labute approximate surface area is 128 Å². The lowest BCUT2D eigenvalue weighted by Gasteiger charge is -2.15. The molecule has 1 aliphatic heterocycles. The van der Waals surface area contributed by atoms with E-state index in [-0.39, 0.29) is 0 Å². The molecule has 1 N–H and O–H groups in total. The van der Waals surface area contributed by atoms with E-state index in [1.807, 2.05) is 13.1 Å². The maximum Gasteiger partial charge on any atom is 0.122 e. The summed E-state index contributed by atoms with van der Waals surface area (Å²) in [5, 5.41) is 6.29. The Kier molecular flexibility index (Phi) is 4.29. The maximum absolute atomic E-state index is 6.23. The predicted octanol–water partition coefficient (Wildman–Crippen LogP) is 4.23. The van der Waals surface area contributed by atoms with Gasteiger partial charge in [0.05, 0.1) is 11.6 Å². The first-order valence-corrected chi connectivity index (χ1v) is 8.18. The third-order valence-corrected chi connectivity index (χ3v) is 5.26. The second-order valence-electron chi connectivity index (χ2n) is 5.05. The number of fused-ring (bicyclic) bond motifs is 1. The summed E-state index contributed by atoms with van der Waals surface area (Å²) in [5.74, 6) is 1.06. The van der Waals surface area contributed by atoms with Gasteiger partial charge in [-0.1, -0.05) is 23.7 Å². The van der Waals surface area contributed by atoms with Crippen molar-refractivity contribution in [3.63, 3.8) is 0 Å². The van der Waals surface area contributed by atoms with Gasteiger partial charge in [-0.2, -0.15) is 0 Å². The highest BCUT2D eigenvalue weighted by Crippen LogP contribution is 2.32. The SMILES string of the molecule is CNC(CCc1ccc2c(c1)CCO2)c1sccc1Cl. The van der Waals surface area contributed by atoms with E-state index in [9.17, 15) is 0 Å². The van der Waals surface area contributed by atoms with Crippen molar-refractivity contribution in [1.82, 2.24) is 5.32 Å². The first-order chi connectivity index (χ1) is 9.78. The smallest absolute Gasteiger partial charge is 0.122 e. The van der Waals surface area contributed by atoms with Gasteiger partial charge in [-0.25, -0.2) is 0 Å². The van der Waals surface area contributed by atoms with Gasteiger partial charge in [0, 0.05) is 17.3 Å². The summed E-state index contributed by atoms with van der Waals surface area (Å²) in [6.45, 7) is 0.822. The fourth-order valence-electron chi connectivity index (χ4n) is 2.67. The molecule has 1 aromatic heterocycles. The molecule has 0 bridgehead atoms. The Morgan fingerprint density at radius 2 is 2.30 bits per heavy atom. The zero-order chi connectivity index (χ0) is 13.9. The Hall–Kier alpha value is -1.03. The first-order valence-electron chi connectivity index (χ1n) is 6.92. The minimum absolute atomic E-state index is 0.326. The molecule has 1 unspecified atom stereocenters. The number of aryl methyl sites for hydroxylation is 1. The molecule has 4 heteroatoms. The van der Waals surface area contributed by atoms with Crippen LogP contribution in [0.25, 0.3) is 0 Å². The summed E-state index contributed by atoms with van der Waals surface area (Å²) in [7, 11) is 2.00. The molecule has 2 nitrogen and oxygen atoms in total. The normalized spacial score (nSPS) is 14.9. The van der Waals surface area contributed by atoms with Crippen LogP contribution in [-0.2, 0) is 12.8 Å². The third-order valence-electron chi connectivity index (χ3n) is 3.79. The highest BCUT2D eigenvalue weighted by Gasteiger charge is 2.16. The molecule has 2 aromatic rings. The molecule has 3 rings (SSSR count). The van der Waals surface area contributed by atoms with Crippen molar-refractivity contribution >= 4 is 22.9 Å². The minimum atomic E-state index is 0.326. The van der Waals surface area contributed by atoms with E-state index in [1.54, 1.807) is 11.3 Å². The second-order valence-corrected chi connectivity index (χ2v) is 6.41. The molecule has 2 heterocycles. The van der Waals surface area contributed by atoms with Gasteiger partial charge < -0.3 is 10.1 Å². The Bertz CT molecular complexity index is 596. The molecule has 0 radical (unpaired) electrons. The minimum Gasteiger partial charge on any atom is -0.493 e. The maximum atomic E-state index is 6.23. The molecule has 1 aliphatic rings. The molecule has 1 aromatic carbocycles. The fraction of sp³-hybridized carbons (Fsp3) is 0.375. The van der Waals surface area contributed by atoms with Gasteiger partial charge in [0.25, 0.3) is 0 Å². The van der Waals surface area contributed by atoms with Gasteiger partial charge >= 0.3 is 0 Å². The number of hydrogen-bond acceptors (Lipinski definition) is 3. The standard InChI is InChI=1S/C16H18ClNOS/c1-18-14(16-13(17)7-9-20-16)4-2-11-3-5-15-12(10-11)6-8-19-15/h3,5,7,9-10,14,18H,2,4,6,8H2,1H3. The fourth-order valence-corrected chi connectivity index (χ4v) is 4.00. The number of nitrogens with one attached hydrogen (secondary N) is 1. The van der Waals surface area contributed by atoms with Crippen molar-refractivity contribution in [3.8, 4) is 5.75 Å². The summed E-state index contributed by atoms with van der Waals surface area (Å²) in [5.41, 5.74) is 2.72. The average Bonchev–Trinajstić information content (AvgIpc) is 3.08. The summed E-state index contributed by atoms with van der Waals surface area (Å²) >= 11 is 7.95. The molecule has 0 fully saturated rings. The van der Waals surface area contributed by atoms with E-state index in [0.29, 0.717) is 6.04 Å². The average molecular weight is 308 g/mol. The molecule has 20 heavy (non-hydrogen) atoms. The van der Waals surface area contributed by atoms with Crippen molar-refractivity contribution in [2.24, 2.45) is 0 Å². The Morgan fingerprint density at radius 3 is 3.05 bits per heavy atom. The van der Waals surface area contributed by atoms with E-state index >= 15 is 0 Å². The number of halogens is 1. The number of thiophene rings is 1. The highest BCUT2D eigenvalue weighted by atomic mass is 35.5. The van der Waals surface area contributed by atoms with E-state index in [0.717, 1.165) is 36.6 Å². The molecular formula is C16H18ClNOS. The predicted molar refractivity (Wildman–Crippen MR) is 85.1 cm³/mol.